The van der Waals surface area contributed by atoms with Gasteiger partial charge in [0.15, 0.2) is 5.84 Å². The van der Waals surface area contributed by atoms with Crippen LogP contribution in [-0.4, -0.2) is 71.3 Å². The SMILES string of the molecule is O=C(c1csc2c1S(=O)(=O)N=C(c1c(O)c3ccccc3n(Cc3ccccc3)c1=O)N2)N(CCO)CCO. The van der Waals surface area contributed by atoms with Crippen LogP contribution in [0.5, 0.6) is 5.75 Å². The fourth-order valence-electron chi connectivity index (χ4n) is 4.49. The highest BCUT2D eigenvalue weighted by molar-refractivity contribution is 7.90. The lowest BCUT2D eigenvalue weighted by atomic mass is 10.1. The molecule has 13 heteroatoms. The molecule has 0 fully saturated rings. The number of sulfonamides is 1. The van der Waals surface area contributed by atoms with Crippen LogP contribution in [0.25, 0.3) is 10.9 Å². The number of aromatic hydroxyl groups is 1. The number of aliphatic hydroxyl groups excluding tert-OH is 2. The Balaban J connectivity index is 1.64. The fourth-order valence-corrected chi connectivity index (χ4v) is 7.03. The quantitative estimate of drug-likeness (QED) is 0.250. The van der Waals surface area contributed by atoms with E-state index in [9.17, 15) is 33.3 Å². The summed E-state index contributed by atoms with van der Waals surface area (Å²) >= 11 is 0.923. The van der Waals surface area contributed by atoms with Crippen molar-refractivity contribution >= 4 is 49.0 Å². The lowest BCUT2D eigenvalue weighted by Gasteiger charge is -2.22. The van der Waals surface area contributed by atoms with E-state index in [1.807, 2.05) is 30.3 Å². The van der Waals surface area contributed by atoms with E-state index in [0.29, 0.717) is 10.9 Å². The molecule has 11 nitrogen and oxygen atoms in total. The first-order valence-electron chi connectivity index (χ1n) is 11.9. The largest absolute Gasteiger partial charge is 0.506 e. The summed E-state index contributed by atoms with van der Waals surface area (Å²) < 4.78 is 32.0. The highest BCUT2D eigenvalue weighted by Gasteiger charge is 2.36. The Labute approximate surface area is 227 Å². The molecule has 1 aliphatic rings. The second kappa shape index (κ2) is 10.6. The average Bonchev–Trinajstić information content (AvgIpc) is 3.36. The minimum Gasteiger partial charge on any atom is -0.506 e. The zero-order valence-corrected chi connectivity index (χ0v) is 22.1. The van der Waals surface area contributed by atoms with Gasteiger partial charge in [-0.25, -0.2) is 0 Å². The summed E-state index contributed by atoms with van der Waals surface area (Å²) in [6.07, 6.45) is 0. The maximum atomic E-state index is 13.8. The van der Waals surface area contributed by atoms with Gasteiger partial charge in [-0.3, -0.25) is 9.59 Å². The van der Waals surface area contributed by atoms with E-state index >= 15 is 0 Å². The maximum absolute atomic E-state index is 13.8. The van der Waals surface area contributed by atoms with Gasteiger partial charge >= 0.3 is 0 Å². The third-order valence-electron chi connectivity index (χ3n) is 6.27. The fraction of sp³-hybridized carbons (Fsp3) is 0.192. The summed E-state index contributed by atoms with van der Waals surface area (Å²) in [7, 11) is -4.49. The highest BCUT2D eigenvalue weighted by Crippen LogP contribution is 2.39. The van der Waals surface area contributed by atoms with Crippen LogP contribution < -0.4 is 10.9 Å². The number of benzene rings is 2. The van der Waals surface area contributed by atoms with Crippen molar-refractivity contribution in [1.29, 1.82) is 0 Å². The first-order valence-corrected chi connectivity index (χ1v) is 14.2. The summed E-state index contributed by atoms with van der Waals surface area (Å²) in [6.45, 7) is -0.776. The molecule has 0 saturated heterocycles. The Bertz CT molecular complexity index is 1760. The first kappa shape index (κ1) is 26.6. The predicted molar refractivity (Wildman–Crippen MR) is 147 cm³/mol. The van der Waals surface area contributed by atoms with E-state index in [0.717, 1.165) is 21.8 Å². The standard InChI is InChI=1S/C26H24N4O7S2/c31-12-10-29(11-13-32)25(34)18-15-38-24-22(18)39(36,37)28-23(27-24)20-21(33)17-8-4-5-9-19(17)30(26(20)35)14-16-6-2-1-3-7-16/h1-9,15,31-33H,10-14H2,(H,27,28). The van der Waals surface area contributed by atoms with Crippen molar-refractivity contribution in [2.24, 2.45) is 4.40 Å². The van der Waals surface area contributed by atoms with Gasteiger partial charge in [0.25, 0.3) is 21.5 Å². The van der Waals surface area contributed by atoms with Crippen molar-refractivity contribution in [2.45, 2.75) is 11.4 Å². The molecule has 39 heavy (non-hydrogen) atoms. The maximum Gasteiger partial charge on any atom is 0.288 e. The number of nitrogens with one attached hydrogen (secondary N) is 1. The molecule has 1 aliphatic heterocycles. The zero-order valence-electron chi connectivity index (χ0n) is 20.4. The van der Waals surface area contributed by atoms with Crippen LogP contribution >= 0.6 is 11.3 Å². The number of hydrogen-bond donors (Lipinski definition) is 4. The molecule has 0 atom stereocenters. The number of carbonyl (C=O) groups is 1. The number of anilines is 1. The van der Waals surface area contributed by atoms with Gasteiger partial charge in [-0.05, 0) is 17.7 Å². The van der Waals surface area contributed by atoms with Crippen LogP contribution in [0.4, 0.5) is 5.00 Å². The summed E-state index contributed by atoms with van der Waals surface area (Å²) in [4.78, 5) is 27.6. The molecule has 0 bridgehead atoms. The molecule has 0 saturated carbocycles. The number of nitrogens with zero attached hydrogens (tertiary/aromatic N) is 3. The van der Waals surface area contributed by atoms with Gasteiger partial charge in [-0.2, -0.15) is 8.42 Å². The smallest absolute Gasteiger partial charge is 0.288 e. The van der Waals surface area contributed by atoms with E-state index in [1.165, 1.54) is 9.95 Å². The van der Waals surface area contributed by atoms with Gasteiger partial charge in [0.05, 0.1) is 30.8 Å². The number of thiophene rings is 1. The molecule has 0 spiro atoms. The lowest BCUT2D eigenvalue weighted by molar-refractivity contribution is 0.0682. The molecular formula is C26H24N4O7S2. The third kappa shape index (κ3) is 4.81. The van der Waals surface area contributed by atoms with Crippen LogP contribution in [0.3, 0.4) is 0 Å². The highest BCUT2D eigenvalue weighted by atomic mass is 32.2. The lowest BCUT2D eigenvalue weighted by Crippen LogP contribution is -2.37. The topological polar surface area (TPSA) is 162 Å². The van der Waals surface area contributed by atoms with Gasteiger partial charge in [0, 0.05) is 23.9 Å². The average molecular weight is 569 g/mol. The van der Waals surface area contributed by atoms with Crippen molar-refractivity contribution in [3.63, 3.8) is 0 Å². The molecule has 1 amide bonds. The minimum atomic E-state index is -4.49. The minimum absolute atomic E-state index is 0.0536. The number of amides is 1. The van der Waals surface area contributed by atoms with Crippen LogP contribution in [-0.2, 0) is 16.6 Å². The Morgan fingerprint density at radius 3 is 2.38 bits per heavy atom. The van der Waals surface area contributed by atoms with Gasteiger partial charge in [-0.15, -0.1) is 15.7 Å². The Kier molecular flexibility index (Phi) is 7.23. The van der Waals surface area contributed by atoms with Gasteiger partial charge in [0.2, 0.25) is 0 Å². The number of aliphatic hydroxyl groups is 2. The summed E-state index contributed by atoms with van der Waals surface area (Å²) in [5, 5.41) is 34.2. The number of amidine groups is 1. The number of hydrogen-bond acceptors (Lipinski definition) is 9. The van der Waals surface area contributed by atoms with Gasteiger partial charge in [0.1, 0.15) is 21.2 Å². The summed E-state index contributed by atoms with van der Waals surface area (Å²) in [6, 6.07) is 16.0. The third-order valence-corrected chi connectivity index (χ3v) is 8.66. The van der Waals surface area contributed by atoms with Crippen LogP contribution in [0.15, 0.2) is 74.1 Å². The summed E-state index contributed by atoms with van der Waals surface area (Å²) in [5.41, 5.74) is 0.152. The monoisotopic (exact) mass is 568 g/mol. The molecule has 2 aromatic carbocycles. The van der Waals surface area contributed by atoms with E-state index in [2.05, 4.69) is 9.71 Å². The van der Waals surface area contributed by atoms with E-state index < -0.39 is 27.2 Å². The number of para-hydroxylation sites is 1. The van der Waals surface area contributed by atoms with Gasteiger partial charge < -0.3 is 30.1 Å². The van der Waals surface area contributed by atoms with Crippen molar-refractivity contribution in [3.05, 3.63) is 87.0 Å². The van der Waals surface area contributed by atoms with E-state index in [1.54, 1.807) is 24.3 Å². The molecule has 3 heterocycles. The van der Waals surface area contributed by atoms with Crippen molar-refractivity contribution in [2.75, 3.05) is 31.6 Å². The molecule has 5 rings (SSSR count). The van der Waals surface area contributed by atoms with Crippen molar-refractivity contribution in [3.8, 4) is 5.75 Å². The van der Waals surface area contributed by atoms with Crippen LogP contribution in [0, 0.1) is 0 Å². The first-order chi connectivity index (χ1) is 18.8. The Morgan fingerprint density at radius 1 is 1.03 bits per heavy atom. The zero-order chi connectivity index (χ0) is 27.7. The van der Waals surface area contributed by atoms with Crippen LogP contribution in [0.2, 0.25) is 0 Å². The predicted octanol–water partition coefficient (Wildman–Crippen LogP) is 1.80. The molecular weight excluding hydrogens is 544 g/mol. The van der Waals surface area contributed by atoms with Crippen molar-refractivity contribution < 1.29 is 28.5 Å². The molecule has 2 aromatic heterocycles. The molecule has 4 N–H and O–H groups in total. The molecule has 0 radical (unpaired) electrons. The molecule has 4 aromatic rings. The number of carbonyl (C=O) groups excluding carboxylic acids is 1. The van der Waals surface area contributed by atoms with Gasteiger partial charge in [-0.1, -0.05) is 42.5 Å². The number of fused-ring (bicyclic) bond motifs is 2. The molecule has 0 unspecified atom stereocenters. The Morgan fingerprint density at radius 2 is 1.69 bits per heavy atom. The van der Waals surface area contributed by atoms with E-state index in [-0.39, 0.29) is 59.7 Å². The second-order valence-electron chi connectivity index (χ2n) is 8.70. The van der Waals surface area contributed by atoms with E-state index in [4.69, 9.17) is 0 Å². The number of rotatable bonds is 8. The Hall–Kier alpha value is -4.04. The number of pyridine rings is 1. The molecule has 0 aliphatic carbocycles. The van der Waals surface area contributed by atoms with Crippen molar-refractivity contribution in [1.82, 2.24) is 9.47 Å². The second-order valence-corrected chi connectivity index (χ2v) is 11.1. The number of aromatic nitrogens is 1. The van der Waals surface area contributed by atoms with Crippen LogP contribution in [0.1, 0.15) is 21.5 Å². The summed E-state index contributed by atoms with van der Waals surface area (Å²) in [5.74, 6) is -1.48. The normalized spacial score (nSPS) is 13.9. The molecule has 202 valence electrons.